The lowest BCUT2D eigenvalue weighted by Crippen LogP contribution is -2.32. The molecule has 1 aliphatic rings. The lowest BCUT2D eigenvalue weighted by atomic mass is 10.1. The van der Waals surface area contributed by atoms with Gasteiger partial charge in [0.25, 0.3) is 0 Å². The summed E-state index contributed by atoms with van der Waals surface area (Å²) in [5.74, 6) is -0.539. The van der Waals surface area contributed by atoms with Gasteiger partial charge in [0.15, 0.2) is 0 Å². The van der Waals surface area contributed by atoms with Crippen LogP contribution in [0.2, 0.25) is 0 Å². The third-order valence-corrected chi connectivity index (χ3v) is 3.02. The Kier molecular flexibility index (Phi) is 4.40. The number of aromatic nitrogens is 2. The van der Waals surface area contributed by atoms with Crippen molar-refractivity contribution in [3.8, 4) is 0 Å². The molecular formula is C12H16N4O3. The fourth-order valence-electron chi connectivity index (χ4n) is 2.20. The Morgan fingerprint density at radius 1 is 1.42 bits per heavy atom. The van der Waals surface area contributed by atoms with Crippen LogP contribution >= 0.6 is 0 Å². The molecule has 0 aliphatic carbocycles. The first-order chi connectivity index (χ1) is 9.13. The van der Waals surface area contributed by atoms with Gasteiger partial charge in [-0.1, -0.05) is 0 Å². The van der Waals surface area contributed by atoms with E-state index in [1.54, 1.807) is 18.5 Å². The van der Waals surface area contributed by atoms with Crippen LogP contribution in [0, 0.1) is 5.92 Å². The minimum absolute atomic E-state index is 0.137. The Bertz CT molecular complexity index is 452. The van der Waals surface area contributed by atoms with Crippen molar-refractivity contribution in [2.24, 2.45) is 5.92 Å². The van der Waals surface area contributed by atoms with Gasteiger partial charge in [-0.05, 0) is 24.9 Å². The van der Waals surface area contributed by atoms with E-state index in [4.69, 9.17) is 5.11 Å². The quantitative estimate of drug-likeness (QED) is 0.789. The van der Waals surface area contributed by atoms with Crippen LogP contribution in [0.3, 0.4) is 0 Å². The topological polar surface area (TPSA) is 95.4 Å². The van der Waals surface area contributed by atoms with E-state index in [1.165, 1.54) is 0 Å². The highest BCUT2D eigenvalue weighted by Crippen LogP contribution is 2.19. The molecule has 7 heteroatoms. The van der Waals surface area contributed by atoms with Crippen LogP contribution in [-0.4, -0.2) is 51.5 Å². The number of carboxylic acids is 1. The predicted molar refractivity (Wildman–Crippen MR) is 67.5 cm³/mol. The van der Waals surface area contributed by atoms with Gasteiger partial charge in [0.1, 0.15) is 0 Å². The van der Waals surface area contributed by atoms with E-state index in [0.29, 0.717) is 6.54 Å². The van der Waals surface area contributed by atoms with Crippen LogP contribution in [0.15, 0.2) is 18.5 Å². The summed E-state index contributed by atoms with van der Waals surface area (Å²) in [6.45, 7) is 1.64. The molecule has 1 amide bonds. The molecule has 2 rings (SSSR count). The van der Waals surface area contributed by atoms with Crippen LogP contribution in [-0.2, 0) is 9.59 Å². The zero-order valence-electron chi connectivity index (χ0n) is 10.5. The number of nitrogens with one attached hydrogen (secondary N) is 1. The number of anilines is 1. The lowest BCUT2D eigenvalue weighted by Gasteiger charge is -2.14. The standard InChI is InChI=1S/C12H16N4O3/c17-10(15-12-13-3-1-4-14-12)8-16-5-2-9(7-16)6-11(18)19/h1,3-4,9H,2,5-8H2,(H,18,19)(H,13,14,15,17). The molecule has 0 saturated carbocycles. The number of carboxylic acid groups (broad SMARTS) is 1. The average molecular weight is 264 g/mol. The van der Waals surface area contributed by atoms with E-state index < -0.39 is 5.97 Å². The molecule has 1 aliphatic heterocycles. The van der Waals surface area contributed by atoms with E-state index in [2.05, 4.69) is 15.3 Å². The number of amides is 1. The zero-order valence-corrected chi connectivity index (χ0v) is 10.5. The third kappa shape index (κ3) is 4.29. The van der Waals surface area contributed by atoms with Crippen LogP contribution < -0.4 is 5.32 Å². The largest absolute Gasteiger partial charge is 0.481 e. The molecule has 1 atom stereocenters. The monoisotopic (exact) mass is 264 g/mol. The van der Waals surface area contributed by atoms with E-state index in [9.17, 15) is 9.59 Å². The first-order valence-electron chi connectivity index (χ1n) is 6.14. The van der Waals surface area contributed by atoms with Crippen LogP contribution in [0.25, 0.3) is 0 Å². The van der Waals surface area contributed by atoms with Gasteiger partial charge in [0.2, 0.25) is 11.9 Å². The maximum atomic E-state index is 11.7. The first-order valence-corrected chi connectivity index (χ1v) is 6.14. The predicted octanol–water partition coefficient (Wildman–Crippen LogP) is 0.212. The molecule has 0 radical (unpaired) electrons. The van der Waals surface area contributed by atoms with Gasteiger partial charge in [-0.2, -0.15) is 0 Å². The van der Waals surface area contributed by atoms with Crippen LogP contribution in [0.5, 0.6) is 0 Å². The van der Waals surface area contributed by atoms with Crippen molar-refractivity contribution in [2.75, 3.05) is 25.0 Å². The summed E-state index contributed by atoms with van der Waals surface area (Å²) in [6.07, 6.45) is 4.10. The zero-order chi connectivity index (χ0) is 13.7. The summed E-state index contributed by atoms with van der Waals surface area (Å²) in [5, 5.41) is 11.3. The molecular weight excluding hydrogens is 248 g/mol. The van der Waals surface area contributed by atoms with Crippen molar-refractivity contribution in [1.82, 2.24) is 14.9 Å². The summed E-state index contributed by atoms with van der Waals surface area (Å²) < 4.78 is 0. The molecule has 2 heterocycles. The van der Waals surface area contributed by atoms with Crippen molar-refractivity contribution < 1.29 is 14.7 Å². The fraction of sp³-hybridized carbons (Fsp3) is 0.500. The molecule has 19 heavy (non-hydrogen) atoms. The van der Waals surface area contributed by atoms with Gasteiger partial charge in [0, 0.05) is 25.4 Å². The Balaban J connectivity index is 1.76. The molecule has 0 aromatic carbocycles. The molecule has 102 valence electrons. The summed E-state index contributed by atoms with van der Waals surface area (Å²) in [4.78, 5) is 32.1. The smallest absolute Gasteiger partial charge is 0.303 e. The van der Waals surface area contributed by atoms with Crippen molar-refractivity contribution in [1.29, 1.82) is 0 Å². The number of nitrogens with zero attached hydrogens (tertiary/aromatic N) is 3. The maximum absolute atomic E-state index is 11.7. The fourth-order valence-corrected chi connectivity index (χ4v) is 2.20. The number of hydrogen-bond acceptors (Lipinski definition) is 5. The summed E-state index contributed by atoms with van der Waals surface area (Å²) >= 11 is 0. The van der Waals surface area contributed by atoms with Crippen LogP contribution in [0.4, 0.5) is 5.95 Å². The Morgan fingerprint density at radius 2 is 2.16 bits per heavy atom. The Labute approximate surface area is 110 Å². The minimum Gasteiger partial charge on any atom is -0.481 e. The number of rotatable bonds is 5. The molecule has 7 nitrogen and oxygen atoms in total. The number of likely N-dealkylation sites (tertiary alicyclic amines) is 1. The minimum atomic E-state index is -0.783. The summed E-state index contributed by atoms with van der Waals surface area (Å²) in [5.41, 5.74) is 0. The van der Waals surface area contributed by atoms with E-state index in [0.717, 1.165) is 13.0 Å². The second-order valence-corrected chi connectivity index (χ2v) is 4.61. The Morgan fingerprint density at radius 3 is 2.84 bits per heavy atom. The number of carbonyl (C=O) groups is 2. The second kappa shape index (κ2) is 6.24. The highest BCUT2D eigenvalue weighted by Gasteiger charge is 2.25. The van der Waals surface area contributed by atoms with Crippen molar-refractivity contribution in [2.45, 2.75) is 12.8 Å². The molecule has 1 aromatic rings. The lowest BCUT2D eigenvalue weighted by molar-refractivity contribution is -0.138. The highest BCUT2D eigenvalue weighted by atomic mass is 16.4. The Hall–Kier alpha value is -2.02. The van der Waals surface area contributed by atoms with Crippen LogP contribution in [0.1, 0.15) is 12.8 Å². The molecule has 1 fully saturated rings. The average Bonchev–Trinajstić information content (AvgIpc) is 2.76. The number of hydrogen-bond donors (Lipinski definition) is 2. The molecule has 1 aromatic heterocycles. The van der Waals surface area contributed by atoms with Crippen molar-refractivity contribution >= 4 is 17.8 Å². The van der Waals surface area contributed by atoms with Crippen molar-refractivity contribution in [3.63, 3.8) is 0 Å². The van der Waals surface area contributed by atoms with E-state index in [1.807, 2.05) is 4.90 Å². The van der Waals surface area contributed by atoms with Crippen molar-refractivity contribution in [3.05, 3.63) is 18.5 Å². The van der Waals surface area contributed by atoms with Gasteiger partial charge >= 0.3 is 5.97 Å². The maximum Gasteiger partial charge on any atom is 0.303 e. The van der Waals surface area contributed by atoms with Gasteiger partial charge in [-0.15, -0.1) is 0 Å². The SMILES string of the molecule is O=C(O)CC1CCN(CC(=O)Nc2ncccn2)C1. The second-order valence-electron chi connectivity index (χ2n) is 4.61. The van der Waals surface area contributed by atoms with Gasteiger partial charge < -0.3 is 5.11 Å². The molecule has 2 N–H and O–H groups in total. The molecule has 1 unspecified atom stereocenters. The number of aliphatic carboxylic acids is 1. The summed E-state index contributed by atoms with van der Waals surface area (Å²) in [7, 11) is 0. The number of carbonyl (C=O) groups excluding carboxylic acids is 1. The summed E-state index contributed by atoms with van der Waals surface area (Å²) in [6, 6.07) is 1.67. The molecule has 1 saturated heterocycles. The molecule has 0 bridgehead atoms. The highest BCUT2D eigenvalue weighted by molar-refractivity contribution is 5.90. The third-order valence-electron chi connectivity index (χ3n) is 3.02. The van der Waals surface area contributed by atoms with E-state index >= 15 is 0 Å². The normalized spacial score (nSPS) is 19.3. The van der Waals surface area contributed by atoms with Gasteiger partial charge in [0.05, 0.1) is 6.54 Å². The van der Waals surface area contributed by atoms with Gasteiger partial charge in [-0.25, -0.2) is 9.97 Å². The molecule has 0 spiro atoms. The van der Waals surface area contributed by atoms with E-state index in [-0.39, 0.29) is 30.7 Å². The first kappa shape index (κ1) is 13.4. The van der Waals surface area contributed by atoms with Gasteiger partial charge in [-0.3, -0.25) is 19.8 Å².